The van der Waals surface area contributed by atoms with Crippen molar-refractivity contribution < 1.29 is 22.3 Å². The summed E-state index contributed by atoms with van der Waals surface area (Å²) >= 11 is 0. The topological polar surface area (TPSA) is 79.0 Å². The number of halogens is 1. The first-order valence-electron chi connectivity index (χ1n) is 8.82. The predicted molar refractivity (Wildman–Crippen MR) is 103 cm³/mol. The summed E-state index contributed by atoms with van der Waals surface area (Å²) in [6.45, 7) is 1.83. The van der Waals surface area contributed by atoms with Crippen LogP contribution in [-0.4, -0.2) is 59.1 Å². The molecule has 1 fully saturated rings. The molecule has 0 radical (unpaired) electrons. The van der Waals surface area contributed by atoms with Crippen LogP contribution < -0.4 is 14.4 Å². The first kappa shape index (κ1) is 20.1. The fourth-order valence-corrected chi connectivity index (χ4v) is 4.07. The third-order valence-electron chi connectivity index (χ3n) is 4.61. The largest absolute Gasteiger partial charge is 0.497 e. The number of hydrogen-bond donors (Lipinski definition) is 1. The number of benzene rings is 2. The normalized spacial score (nSPS) is 14.8. The maximum Gasteiger partial charge on any atom is 0.243 e. The third kappa shape index (κ3) is 4.60. The van der Waals surface area contributed by atoms with Gasteiger partial charge < -0.3 is 14.5 Å². The molecule has 28 heavy (non-hydrogen) atoms. The van der Waals surface area contributed by atoms with Gasteiger partial charge in [0.25, 0.3) is 0 Å². The molecule has 0 saturated carbocycles. The summed E-state index contributed by atoms with van der Waals surface area (Å²) in [6.07, 6.45) is 0. The molecule has 0 aliphatic carbocycles. The fraction of sp³-hybridized carbons (Fsp3) is 0.316. The molecular weight excluding hydrogens is 385 g/mol. The van der Waals surface area contributed by atoms with Crippen LogP contribution in [0, 0.1) is 5.82 Å². The van der Waals surface area contributed by atoms with Crippen molar-refractivity contribution in [3.63, 3.8) is 0 Å². The molecule has 9 heteroatoms. The average molecular weight is 407 g/mol. The summed E-state index contributed by atoms with van der Waals surface area (Å²) in [5.41, 5.74) is 1.04. The number of anilines is 1. The smallest absolute Gasteiger partial charge is 0.243 e. The lowest BCUT2D eigenvalue weighted by Crippen LogP contribution is -2.51. The summed E-state index contributed by atoms with van der Waals surface area (Å²) in [4.78, 5) is 15.6. The lowest BCUT2D eigenvalue weighted by Gasteiger charge is -2.36. The van der Waals surface area contributed by atoms with E-state index in [1.165, 1.54) is 12.1 Å². The number of hydrogen-bond acceptors (Lipinski definition) is 5. The van der Waals surface area contributed by atoms with E-state index >= 15 is 0 Å². The predicted octanol–water partition coefficient (Wildman–Crippen LogP) is 1.46. The summed E-state index contributed by atoms with van der Waals surface area (Å²) in [5, 5.41) is 0. The molecule has 0 unspecified atom stereocenters. The van der Waals surface area contributed by atoms with Crippen molar-refractivity contribution in [2.45, 2.75) is 4.90 Å². The number of piperazine rings is 1. The Kier molecular flexibility index (Phi) is 6.15. The maximum absolute atomic E-state index is 13.7. The quantitative estimate of drug-likeness (QED) is 0.785. The fourth-order valence-electron chi connectivity index (χ4n) is 3.02. The second-order valence-corrected chi connectivity index (χ2v) is 8.06. The van der Waals surface area contributed by atoms with Crippen LogP contribution >= 0.6 is 0 Å². The molecule has 150 valence electrons. The number of ether oxygens (including phenoxy) is 1. The lowest BCUT2D eigenvalue weighted by atomic mass is 10.2. The van der Waals surface area contributed by atoms with Gasteiger partial charge >= 0.3 is 0 Å². The number of methoxy groups -OCH3 is 1. The molecular formula is C19H22FN3O4S. The van der Waals surface area contributed by atoms with Gasteiger partial charge in [-0.1, -0.05) is 12.1 Å². The zero-order valence-corrected chi connectivity index (χ0v) is 16.3. The van der Waals surface area contributed by atoms with Gasteiger partial charge in [0.05, 0.1) is 13.7 Å². The molecule has 1 N–H and O–H groups in total. The van der Waals surface area contributed by atoms with Crippen molar-refractivity contribution >= 4 is 21.6 Å². The zero-order valence-electron chi connectivity index (χ0n) is 15.5. The van der Waals surface area contributed by atoms with Crippen LogP contribution in [0.25, 0.3) is 0 Å². The molecule has 3 rings (SSSR count). The standard InChI is InChI=1S/C19H22FN3O4S/c1-27-16-8-6-15(7-9-16)22-10-12-23(13-11-22)19(24)14-21-28(25,26)18-5-3-2-4-17(18)20/h2-9,21H,10-14H2,1H3. The van der Waals surface area contributed by atoms with E-state index in [1.807, 2.05) is 24.3 Å². The Morgan fingerprint density at radius 2 is 1.71 bits per heavy atom. The average Bonchev–Trinajstić information content (AvgIpc) is 2.72. The Balaban J connectivity index is 1.53. The van der Waals surface area contributed by atoms with Crippen LogP contribution in [0.3, 0.4) is 0 Å². The minimum atomic E-state index is -4.08. The highest BCUT2D eigenvalue weighted by molar-refractivity contribution is 7.89. The van der Waals surface area contributed by atoms with E-state index in [9.17, 15) is 17.6 Å². The second-order valence-electron chi connectivity index (χ2n) is 6.32. The molecule has 1 heterocycles. The Labute approximate surface area is 163 Å². The van der Waals surface area contributed by atoms with Gasteiger partial charge in [-0.05, 0) is 36.4 Å². The number of nitrogens with zero attached hydrogens (tertiary/aromatic N) is 2. The molecule has 0 bridgehead atoms. The van der Waals surface area contributed by atoms with Crippen molar-refractivity contribution in [2.75, 3.05) is 44.7 Å². The zero-order chi connectivity index (χ0) is 20.1. The summed E-state index contributed by atoms with van der Waals surface area (Å²) in [7, 11) is -2.47. The van der Waals surface area contributed by atoms with E-state index in [2.05, 4.69) is 9.62 Å². The monoisotopic (exact) mass is 407 g/mol. The van der Waals surface area contributed by atoms with Crippen LogP contribution in [0.1, 0.15) is 0 Å². The maximum atomic E-state index is 13.7. The molecule has 1 saturated heterocycles. The molecule has 1 aliphatic rings. The molecule has 0 aromatic heterocycles. The molecule has 2 aromatic rings. The number of carbonyl (C=O) groups excluding carboxylic acids is 1. The Morgan fingerprint density at radius 1 is 1.07 bits per heavy atom. The highest BCUT2D eigenvalue weighted by Gasteiger charge is 2.24. The lowest BCUT2D eigenvalue weighted by molar-refractivity contribution is -0.130. The van der Waals surface area contributed by atoms with Crippen molar-refractivity contribution in [3.05, 3.63) is 54.3 Å². The van der Waals surface area contributed by atoms with E-state index in [0.29, 0.717) is 26.2 Å². The number of nitrogens with one attached hydrogen (secondary N) is 1. The molecule has 0 spiro atoms. The number of carbonyl (C=O) groups is 1. The second kappa shape index (κ2) is 8.57. The highest BCUT2D eigenvalue weighted by atomic mass is 32.2. The van der Waals surface area contributed by atoms with Crippen molar-refractivity contribution in [1.82, 2.24) is 9.62 Å². The number of sulfonamides is 1. The van der Waals surface area contributed by atoms with Gasteiger partial charge in [-0.25, -0.2) is 17.5 Å². The van der Waals surface area contributed by atoms with Gasteiger partial charge in [0, 0.05) is 31.9 Å². The Bertz CT molecular complexity index is 926. The van der Waals surface area contributed by atoms with Gasteiger partial charge in [-0.3, -0.25) is 4.79 Å². The van der Waals surface area contributed by atoms with Crippen LogP contribution in [-0.2, 0) is 14.8 Å². The summed E-state index contributed by atoms with van der Waals surface area (Å²) in [6, 6.07) is 12.7. The number of rotatable bonds is 6. The van der Waals surface area contributed by atoms with Crippen molar-refractivity contribution in [1.29, 1.82) is 0 Å². The van der Waals surface area contributed by atoms with Gasteiger partial charge in [0.15, 0.2) is 0 Å². The van der Waals surface area contributed by atoms with E-state index in [0.717, 1.165) is 23.6 Å². The summed E-state index contributed by atoms with van der Waals surface area (Å²) < 4.78 is 45.4. The molecule has 2 aromatic carbocycles. The van der Waals surface area contributed by atoms with Crippen molar-refractivity contribution in [3.8, 4) is 5.75 Å². The molecule has 1 aliphatic heterocycles. The van der Waals surface area contributed by atoms with E-state index in [1.54, 1.807) is 12.0 Å². The van der Waals surface area contributed by atoms with Crippen LogP contribution in [0.5, 0.6) is 5.75 Å². The van der Waals surface area contributed by atoms with Crippen LogP contribution in [0.4, 0.5) is 10.1 Å². The van der Waals surface area contributed by atoms with Gasteiger partial charge in [-0.15, -0.1) is 0 Å². The van der Waals surface area contributed by atoms with Crippen LogP contribution in [0.2, 0.25) is 0 Å². The Hall–Kier alpha value is -2.65. The van der Waals surface area contributed by atoms with Gasteiger partial charge in [0.2, 0.25) is 15.9 Å². The first-order chi connectivity index (χ1) is 13.4. The minimum Gasteiger partial charge on any atom is -0.497 e. The molecule has 7 nitrogen and oxygen atoms in total. The van der Waals surface area contributed by atoms with E-state index < -0.39 is 27.3 Å². The van der Waals surface area contributed by atoms with E-state index in [-0.39, 0.29) is 5.91 Å². The third-order valence-corrected chi connectivity index (χ3v) is 6.04. The molecule has 0 atom stereocenters. The molecule has 1 amide bonds. The number of amides is 1. The summed E-state index contributed by atoms with van der Waals surface area (Å²) in [5.74, 6) is -0.412. The van der Waals surface area contributed by atoms with Gasteiger partial charge in [-0.2, -0.15) is 0 Å². The minimum absolute atomic E-state index is 0.339. The first-order valence-corrected chi connectivity index (χ1v) is 10.3. The van der Waals surface area contributed by atoms with E-state index in [4.69, 9.17) is 4.74 Å². The Morgan fingerprint density at radius 3 is 2.32 bits per heavy atom. The van der Waals surface area contributed by atoms with Crippen LogP contribution in [0.15, 0.2) is 53.4 Å². The highest BCUT2D eigenvalue weighted by Crippen LogP contribution is 2.20. The van der Waals surface area contributed by atoms with Gasteiger partial charge in [0.1, 0.15) is 16.5 Å². The SMILES string of the molecule is COc1ccc(N2CCN(C(=O)CNS(=O)(=O)c3ccccc3F)CC2)cc1. The van der Waals surface area contributed by atoms with Crippen molar-refractivity contribution in [2.24, 2.45) is 0 Å².